The Morgan fingerprint density at radius 3 is 2.26 bits per heavy atom. The zero-order valence-corrected chi connectivity index (χ0v) is 15.8. The second kappa shape index (κ2) is 12.7. The first kappa shape index (κ1) is 24.5. The molecule has 2 unspecified atom stereocenters. The maximum atomic E-state index is 11.9. The number of allylic oxidation sites excluding steroid dienone is 1. The van der Waals surface area contributed by atoms with Crippen LogP contribution in [0.1, 0.15) is 19.3 Å². The first-order valence-electron chi connectivity index (χ1n) is 6.44. The molecule has 0 spiro atoms. The molecule has 10 heteroatoms. The minimum absolute atomic E-state index is 0. The third-order valence-corrected chi connectivity index (χ3v) is 3.21. The number of hydrogen-bond donors (Lipinski definition) is 1. The average molecular weight is 358 g/mol. The zero-order chi connectivity index (χ0) is 17.2. The summed E-state index contributed by atoms with van der Waals surface area (Å²) >= 11 is 0. The van der Waals surface area contributed by atoms with E-state index < -0.39 is 40.8 Å². The van der Waals surface area contributed by atoms with E-state index in [0.717, 1.165) is 0 Å². The van der Waals surface area contributed by atoms with E-state index in [1.54, 1.807) is 0 Å². The van der Waals surface area contributed by atoms with E-state index in [1.165, 1.54) is 12.2 Å². The molecule has 0 saturated carbocycles. The second-order valence-corrected chi connectivity index (χ2v) is 5.46. The van der Waals surface area contributed by atoms with Gasteiger partial charge in [0, 0.05) is 11.9 Å². The van der Waals surface area contributed by atoms with Crippen LogP contribution in [0.15, 0.2) is 25.3 Å². The van der Waals surface area contributed by atoms with Crippen molar-refractivity contribution in [1.82, 2.24) is 0 Å². The topological polar surface area (TPSA) is 130 Å². The zero-order valence-electron chi connectivity index (χ0n) is 13.0. The Balaban J connectivity index is 0. The molecule has 126 valence electrons. The molecule has 23 heavy (non-hydrogen) atoms. The van der Waals surface area contributed by atoms with Gasteiger partial charge in [0.25, 0.3) is 0 Å². The van der Waals surface area contributed by atoms with Crippen LogP contribution in [0, 0.1) is 11.8 Å². The normalized spacial score (nSPS) is 13.3. The quantitative estimate of drug-likeness (QED) is 0.127. The monoisotopic (exact) mass is 358 g/mol. The van der Waals surface area contributed by atoms with Crippen molar-refractivity contribution < 1.29 is 66.1 Å². The molecule has 0 bridgehead atoms. The number of carboxylic acid groups (broad SMARTS) is 1. The van der Waals surface area contributed by atoms with E-state index in [-0.39, 0.29) is 55.4 Å². The first-order valence-corrected chi connectivity index (χ1v) is 7.80. The van der Waals surface area contributed by atoms with Gasteiger partial charge < -0.3 is 14.6 Å². The van der Waals surface area contributed by atoms with Gasteiger partial charge in [0.05, 0.1) is 12.5 Å². The summed E-state index contributed by atoms with van der Waals surface area (Å²) in [6.07, 6.45) is 2.67. The van der Waals surface area contributed by atoms with Crippen molar-refractivity contribution in [2.45, 2.75) is 19.3 Å². The number of rotatable bonds is 12. The third-order valence-electron chi connectivity index (χ3n) is 2.75. The van der Waals surface area contributed by atoms with E-state index in [4.69, 9.17) is 9.29 Å². The van der Waals surface area contributed by atoms with E-state index in [0.29, 0.717) is 0 Å². The van der Waals surface area contributed by atoms with Gasteiger partial charge in [-0.1, -0.05) is 18.7 Å². The molecule has 0 aromatic heterocycles. The van der Waals surface area contributed by atoms with Crippen LogP contribution in [0.3, 0.4) is 0 Å². The van der Waals surface area contributed by atoms with Crippen molar-refractivity contribution in [3.8, 4) is 0 Å². The molecule has 0 fully saturated rings. The summed E-state index contributed by atoms with van der Waals surface area (Å²) in [6, 6.07) is 0. The summed E-state index contributed by atoms with van der Waals surface area (Å²) in [5.74, 6) is -4.40. The van der Waals surface area contributed by atoms with Gasteiger partial charge >= 0.3 is 45.9 Å². The molecule has 0 radical (unpaired) electrons. The summed E-state index contributed by atoms with van der Waals surface area (Å²) in [5, 5.41) is 11.1. The molecule has 0 saturated heterocycles. The van der Waals surface area contributed by atoms with Crippen LogP contribution in [-0.4, -0.2) is 38.1 Å². The van der Waals surface area contributed by atoms with Gasteiger partial charge in [-0.25, -0.2) is 4.18 Å². The van der Waals surface area contributed by atoms with Crippen LogP contribution in [0.25, 0.3) is 0 Å². The molecule has 0 rings (SSSR count). The summed E-state index contributed by atoms with van der Waals surface area (Å²) in [4.78, 5) is 23.1. The van der Waals surface area contributed by atoms with Crippen LogP contribution < -0.4 is 34.7 Å². The van der Waals surface area contributed by atoms with Crippen LogP contribution in [-0.2, 0) is 28.9 Å². The number of esters is 1. The van der Waals surface area contributed by atoms with Crippen molar-refractivity contribution in [2.75, 3.05) is 13.2 Å². The number of hydrogen-bond acceptors (Lipinski definition) is 7. The van der Waals surface area contributed by atoms with Crippen molar-refractivity contribution in [3.05, 3.63) is 25.3 Å². The molecule has 0 aliphatic rings. The molecule has 0 amide bonds. The van der Waals surface area contributed by atoms with Crippen LogP contribution in [0.2, 0.25) is 0 Å². The molecule has 2 atom stereocenters. The van der Waals surface area contributed by atoms with Crippen molar-refractivity contribution in [3.63, 3.8) is 0 Å². The SMILES string of the molecule is C=CCOC(=O)C(CCCOS(=O)(=O)O)C(CC=C)C(=O)[O-].[Na+]. The number of aliphatic carboxylic acids is 1. The van der Waals surface area contributed by atoms with Crippen LogP contribution in [0.4, 0.5) is 0 Å². The Labute approximate surface area is 157 Å². The molecule has 0 aliphatic heterocycles. The fourth-order valence-corrected chi connectivity index (χ4v) is 2.13. The molecular weight excluding hydrogens is 339 g/mol. The van der Waals surface area contributed by atoms with Gasteiger partial charge in [0.15, 0.2) is 0 Å². The molecule has 0 aliphatic carbocycles. The minimum atomic E-state index is -4.58. The number of ether oxygens (including phenoxy) is 1. The molecule has 0 aromatic rings. The number of carboxylic acids is 1. The fourth-order valence-electron chi connectivity index (χ4n) is 1.80. The minimum Gasteiger partial charge on any atom is -0.550 e. The van der Waals surface area contributed by atoms with Gasteiger partial charge in [-0.3, -0.25) is 9.35 Å². The first-order chi connectivity index (χ1) is 10.2. The van der Waals surface area contributed by atoms with E-state index in [2.05, 4.69) is 17.3 Å². The molecule has 0 aromatic carbocycles. The van der Waals surface area contributed by atoms with Crippen molar-refractivity contribution >= 4 is 22.3 Å². The average Bonchev–Trinajstić information content (AvgIpc) is 2.41. The summed E-state index contributed by atoms with van der Waals surface area (Å²) in [6.45, 7) is 6.32. The van der Waals surface area contributed by atoms with E-state index in [9.17, 15) is 23.1 Å². The van der Waals surface area contributed by atoms with Gasteiger partial charge in [0.1, 0.15) is 6.61 Å². The summed E-state index contributed by atoms with van der Waals surface area (Å²) in [7, 11) is -4.58. The summed E-state index contributed by atoms with van der Waals surface area (Å²) < 4.78 is 38.2. The Kier molecular flexibility index (Phi) is 13.5. The predicted molar refractivity (Wildman–Crippen MR) is 74.7 cm³/mol. The van der Waals surface area contributed by atoms with Gasteiger partial charge in [-0.15, -0.1) is 6.58 Å². The second-order valence-electron chi connectivity index (χ2n) is 4.37. The van der Waals surface area contributed by atoms with Crippen molar-refractivity contribution in [2.24, 2.45) is 11.8 Å². The van der Waals surface area contributed by atoms with Crippen molar-refractivity contribution in [1.29, 1.82) is 0 Å². The fraction of sp³-hybridized carbons (Fsp3) is 0.538. The van der Waals surface area contributed by atoms with Gasteiger partial charge in [-0.05, 0) is 19.3 Å². The molecule has 0 heterocycles. The van der Waals surface area contributed by atoms with E-state index >= 15 is 0 Å². The molecule has 1 N–H and O–H groups in total. The Morgan fingerprint density at radius 2 is 1.83 bits per heavy atom. The van der Waals surface area contributed by atoms with Crippen LogP contribution >= 0.6 is 0 Å². The molecule has 8 nitrogen and oxygen atoms in total. The van der Waals surface area contributed by atoms with E-state index in [1.807, 2.05) is 0 Å². The Bertz CT molecular complexity index is 502. The predicted octanol–water partition coefficient (Wildman–Crippen LogP) is -3.12. The smallest absolute Gasteiger partial charge is 0.550 e. The third kappa shape index (κ3) is 11.5. The number of carbonyl (C=O) groups excluding carboxylic acids is 2. The number of carbonyl (C=O) groups is 2. The van der Waals surface area contributed by atoms with Gasteiger partial charge in [-0.2, -0.15) is 8.42 Å². The van der Waals surface area contributed by atoms with Crippen LogP contribution in [0.5, 0.6) is 0 Å². The maximum absolute atomic E-state index is 11.9. The molecular formula is C13H19NaO8S. The van der Waals surface area contributed by atoms with Gasteiger partial charge in [0.2, 0.25) is 0 Å². The maximum Gasteiger partial charge on any atom is 1.00 e. The Morgan fingerprint density at radius 1 is 1.22 bits per heavy atom. The Hall–Kier alpha value is -0.710. The summed E-state index contributed by atoms with van der Waals surface area (Å²) in [5.41, 5.74) is 0. The standard InChI is InChI=1S/C13H20O8S.Na/c1-3-6-10(12(14)15)11(13(16)20-8-4-2)7-5-9-21-22(17,18)19;/h3-4,10-11H,1-2,5-9H2,(H,14,15)(H,17,18,19);/q;+1/p-1. The largest absolute Gasteiger partial charge is 1.00 e.